The lowest BCUT2D eigenvalue weighted by atomic mass is 9.85. The Labute approximate surface area is 103 Å². The molecule has 5 nitrogen and oxygen atoms in total. The third-order valence-corrected chi connectivity index (χ3v) is 3.19. The second-order valence-electron chi connectivity index (χ2n) is 5.43. The Morgan fingerprint density at radius 3 is 1.88 bits per heavy atom. The highest BCUT2D eigenvalue weighted by atomic mass is 16.4. The lowest BCUT2D eigenvalue weighted by molar-refractivity contribution is -0.148. The highest BCUT2D eigenvalue weighted by molar-refractivity contribution is 5.89. The van der Waals surface area contributed by atoms with Crippen LogP contribution in [0, 0.1) is 5.41 Å². The molecule has 0 aromatic heterocycles. The fourth-order valence-corrected chi connectivity index (χ4v) is 1.49. The summed E-state index contributed by atoms with van der Waals surface area (Å²) in [5.41, 5.74) is 4.20. The summed E-state index contributed by atoms with van der Waals surface area (Å²) in [6.07, 6.45) is 0.670. The van der Waals surface area contributed by atoms with Crippen molar-refractivity contribution >= 4 is 11.9 Å². The first-order valence-corrected chi connectivity index (χ1v) is 5.91. The minimum atomic E-state index is -1.21. The van der Waals surface area contributed by atoms with E-state index < -0.39 is 28.9 Å². The number of carbonyl (C=O) groups excluding carboxylic acids is 1. The molecule has 0 saturated heterocycles. The van der Waals surface area contributed by atoms with Crippen LogP contribution in [0.5, 0.6) is 0 Å². The molecule has 5 heteroatoms. The maximum Gasteiger partial charge on any atom is 0.329 e. The first kappa shape index (κ1) is 15.9. The van der Waals surface area contributed by atoms with E-state index in [0.717, 1.165) is 0 Å². The molecule has 0 bridgehead atoms. The molecule has 1 amide bonds. The molecule has 0 aromatic rings. The van der Waals surface area contributed by atoms with Crippen LogP contribution in [0.25, 0.3) is 0 Å². The zero-order chi connectivity index (χ0) is 13.9. The van der Waals surface area contributed by atoms with Crippen LogP contribution in [0.15, 0.2) is 0 Å². The van der Waals surface area contributed by atoms with E-state index in [0.29, 0.717) is 12.8 Å². The van der Waals surface area contributed by atoms with Gasteiger partial charge in [-0.15, -0.1) is 0 Å². The van der Waals surface area contributed by atoms with Crippen LogP contribution < -0.4 is 11.1 Å². The largest absolute Gasteiger partial charge is 0.480 e. The number of nitrogens with two attached hydrogens (primary N) is 1. The Morgan fingerprint density at radius 1 is 1.24 bits per heavy atom. The maximum absolute atomic E-state index is 11.9. The molecule has 0 aliphatic carbocycles. The average Bonchev–Trinajstić information content (AvgIpc) is 2.22. The van der Waals surface area contributed by atoms with E-state index in [1.54, 1.807) is 13.8 Å². The van der Waals surface area contributed by atoms with E-state index in [1.165, 1.54) is 0 Å². The van der Waals surface area contributed by atoms with Gasteiger partial charge in [0.25, 0.3) is 0 Å². The number of carboxylic acid groups (broad SMARTS) is 1. The number of hydrogen-bond acceptors (Lipinski definition) is 3. The van der Waals surface area contributed by atoms with Crippen LogP contribution in [-0.4, -0.2) is 28.6 Å². The third kappa shape index (κ3) is 3.70. The summed E-state index contributed by atoms with van der Waals surface area (Å²) in [4.78, 5) is 23.2. The molecule has 0 rings (SSSR count). The molecule has 0 fully saturated rings. The van der Waals surface area contributed by atoms with E-state index in [2.05, 4.69) is 5.32 Å². The van der Waals surface area contributed by atoms with Crippen molar-refractivity contribution in [3.05, 3.63) is 0 Å². The van der Waals surface area contributed by atoms with Gasteiger partial charge < -0.3 is 16.2 Å². The van der Waals surface area contributed by atoms with Crippen molar-refractivity contribution in [3.8, 4) is 0 Å². The summed E-state index contributed by atoms with van der Waals surface area (Å²) in [7, 11) is 0. The first-order valence-electron chi connectivity index (χ1n) is 5.91. The molecule has 1 atom stereocenters. The molecule has 0 spiro atoms. The van der Waals surface area contributed by atoms with Crippen LogP contribution >= 0.6 is 0 Å². The molecule has 0 aromatic carbocycles. The van der Waals surface area contributed by atoms with Crippen molar-refractivity contribution in [1.82, 2.24) is 5.32 Å². The van der Waals surface area contributed by atoms with Crippen LogP contribution in [-0.2, 0) is 9.59 Å². The topological polar surface area (TPSA) is 92.4 Å². The van der Waals surface area contributed by atoms with Gasteiger partial charge in [0.1, 0.15) is 5.54 Å². The van der Waals surface area contributed by atoms with Gasteiger partial charge in [-0.3, -0.25) is 4.79 Å². The number of hydrogen-bond donors (Lipinski definition) is 3. The summed E-state index contributed by atoms with van der Waals surface area (Å²) in [5, 5.41) is 11.8. The fraction of sp³-hybridized carbons (Fsp3) is 0.833. The Balaban J connectivity index is 4.92. The minimum Gasteiger partial charge on any atom is -0.480 e. The van der Waals surface area contributed by atoms with E-state index in [1.807, 2.05) is 20.8 Å². The van der Waals surface area contributed by atoms with Crippen LogP contribution in [0.3, 0.4) is 0 Å². The zero-order valence-electron chi connectivity index (χ0n) is 11.3. The van der Waals surface area contributed by atoms with Gasteiger partial charge in [0.15, 0.2) is 0 Å². The average molecular weight is 244 g/mol. The second-order valence-corrected chi connectivity index (χ2v) is 5.43. The zero-order valence-corrected chi connectivity index (χ0v) is 11.3. The molecule has 17 heavy (non-hydrogen) atoms. The number of amides is 1. The summed E-state index contributed by atoms with van der Waals surface area (Å²) in [5.74, 6) is -1.43. The lowest BCUT2D eigenvalue weighted by Crippen LogP contribution is -2.59. The lowest BCUT2D eigenvalue weighted by Gasteiger charge is -2.33. The third-order valence-electron chi connectivity index (χ3n) is 3.19. The van der Waals surface area contributed by atoms with Gasteiger partial charge in [0.05, 0.1) is 6.04 Å². The number of nitrogens with one attached hydrogen (secondary N) is 1. The van der Waals surface area contributed by atoms with Gasteiger partial charge in [0.2, 0.25) is 5.91 Å². The highest BCUT2D eigenvalue weighted by Gasteiger charge is 2.39. The van der Waals surface area contributed by atoms with Gasteiger partial charge in [-0.25, -0.2) is 4.79 Å². The van der Waals surface area contributed by atoms with Gasteiger partial charge >= 0.3 is 5.97 Å². The summed E-state index contributed by atoms with van der Waals surface area (Å²) in [6, 6.07) is -0.723. The van der Waals surface area contributed by atoms with Crippen molar-refractivity contribution in [3.63, 3.8) is 0 Å². The summed E-state index contributed by atoms with van der Waals surface area (Å²) in [6.45, 7) is 9.01. The maximum atomic E-state index is 11.9. The van der Waals surface area contributed by atoms with Crippen LogP contribution in [0.1, 0.15) is 47.5 Å². The van der Waals surface area contributed by atoms with Crippen molar-refractivity contribution in [2.75, 3.05) is 0 Å². The van der Waals surface area contributed by atoms with Crippen LogP contribution in [0.2, 0.25) is 0 Å². The molecule has 0 radical (unpaired) electrons. The predicted molar refractivity (Wildman–Crippen MR) is 66.5 cm³/mol. The number of aliphatic carboxylic acids is 1. The molecule has 0 heterocycles. The molecular weight excluding hydrogens is 220 g/mol. The van der Waals surface area contributed by atoms with Crippen molar-refractivity contribution in [2.45, 2.75) is 59.0 Å². The number of carbonyl (C=O) groups is 2. The summed E-state index contributed by atoms with van der Waals surface area (Å²) >= 11 is 0. The smallest absolute Gasteiger partial charge is 0.329 e. The van der Waals surface area contributed by atoms with Crippen molar-refractivity contribution in [2.24, 2.45) is 11.1 Å². The van der Waals surface area contributed by atoms with E-state index in [4.69, 9.17) is 5.73 Å². The second kappa shape index (κ2) is 5.49. The molecule has 100 valence electrons. The molecule has 0 aliphatic rings. The van der Waals surface area contributed by atoms with E-state index in [-0.39, 0.29) is 0 Å². The Morgan fingerprint density at radius 2 is 1.65 bits per heavy atom. The highest BCUT2D eigenvalue weighted by Crippen LogP contribution is 2.20. The molecule has 4 N–H and O–H groups in total. The van der Waals surface area contributed by atoms with Crippen LogP contribution in [0.4, 0.5) is 0 Å². The normalized spacial score (nSPS) is 14.2. The monoisotopic (exact) mass is 244 g/mol. The van der Waals surface area contributed by atoms with E-state index in [9.17, 15) is 14.7 Å². The van der Waals surface area contributed by atoms with Crippen molar-refractivity contribution < 1.29 is 14.7 Å². The van der Waals surface area contributed by atoms with Gasteiger partial charge in [-0.2, -0.15) is 0 Å². The quantitative estimate of drug-likeness (QED) is 0.675. The van der Waals surface area contributed by atoms with Crippen molar-refractivity contribution in [1.29, 1.82) is 0 Å². The Bertz CT molecular complexity index is 291. The van der Waals surface area contributed by atoms with Gasteiger partial charge in [-0.1, -0.05) is 34.6 Å². The summed E-state index contributed by atoms with van der Waals surface area (Å²) < 4.78 is 0. The SMILES string of the molecule is CCC(CC)(NC(=O)[C@@H](N)C(C)(C)C)C(=O)O. The molecule has 0 aliphatic heterocycles. The molecule has 0 unspecified atom stereocenters. The van der Waals surface area contributed by atoms with Gasteiger partial charge in [-0.05, 0) is 18.3 Å². The standard InChI is InChI=1S/C12H24N2O3/c1-6-12(7-2,10(16)17)14-9(15)8(13)11(3,4)5/h8H,6-7,13H2,1-5H3,(H,14,15)(H,16,17)/t8-/m1/s1. The fourth-order valence-electron chi connectivity index (χ4n) is 1.49. The molecule has 0 saturated carbocycles. The first-order chi connectivity index (χ1) is 7.60. The minimum absolute atomic E-state index is 0.335. The van der Waals surface area contributed by atoms with E-state index >= 15 is 0 Å². The predicted octanol–water partition coefficient (Wildman–Crippen LogP) is 1.12. The van der Waals surface area contributed by atoms with Gasteiger partial charge in [0, 0.05) is 0 Å². The number of carboxylic acids is 1. The Hall–Kier alpha value is -1.10. The number of rotatable bonds is 5. The Kier molecular flexibility index (Phi) is 5.13. The molecular formula is C12H24N2O3.